The third-order valence-electron chi connectivity index (χ3n) is 2.84. The van der Waals surface area contributed by atoms with Gasteiger partial charge in [0, 0.05) is 10.8 Å². The van der Waals surface area contributed by atoms with Crippen molar-refractivity contribution in [3.8, 4) is 0 Å². The van der Waals surface area contributed by atoms with Gasteiger partial charge in [0.2, 0.25) is 10.0 Å². The number of carbonyl (C=O) groups is 1. The molecular weight excluding hydrogens is 342 g/mol. The number of ether oxygens (including phenoxy) is 1. The summed E-state index contributed by atoms with van der Waals surface area (Å²) in [4.78, 5) is 16.2. The van der Waals surface area contributed by atoms with Gasteiger partial charge >= 0.3 is 5.97 Å². The van der Waals surface area contributed by atoms with Gasteiger partial charge in [-0.1, -0.05) is 25.9 Å². The largest absolute Gasteiger partial charge is 0.449 e. The van der Waals surface area contributed by atoms with Crippen LogP contribution >= 0.6 is 11.3 Å². The van der Waals surface area contributed by atoms with Crippen molar-refractivity contribution >= 4 is 27.3 Å². The van der Waals surface area contributed by atoms with E-state index in [2.05, 4.69) is 10.1 Å². The Morgan fingerprint density at radius 1 is 1.43 bits per heavy atom. The number of aromatic nitrogens is 2. The van der Waals surface area contributed by atoms with Gasteiger partial charge in [-0.2, -0.15) is 4.98 Å². The Morgan fingerprint density at radius 2 is 2.09 bits per heavy atom. The van der Waals surface area contributed by atoms with Crippen molar-refractivity contribution < 1.29 is 22.5 Å². The van der Waals surface area contributed by atoms with Crippen molar-refractivity contribution in [3.05, 3.63) is 28.7 Å². The molecule has 2 aromatic rings. The number of esters is 1. The zero-order valence-electron chi connectivity index (χ0n) is 13.1. The van der Waals surface area contributed by atoms with Crippen LogP contribution in [0.3, 0.4) is 0 Å². The fourth-order valence-electron chi connectivity index (χ4n) is 1.56. The van der Waals surface area contributed by atoms with E-state index in [0.29, 0.717) is 5.82 Å². The molecule has 23 heavy (non-hydrogen) atoms. The fraction of sp³-hybridized carbons (Fsp3) is 0.462. The molecule has 0 aliphatic carbocycles. The van der Waals surface area contributed by atoms with Crippen LogP contribution in [0.15, 0.2) is 20.2 Å². The molecule has 0 unspecified atom stereocenters. The summed E-state index contributed by atoms with van der Waals surface area (Å²) in [6.45, 7) is 7.38. The molecule has 0 saturated heterocycles. The second-order valence-corrected chi connectivity index (χ2v) is 8.65. The van der Waals surface area contributed by atoms with Crippen LogP contribution in [0.2, 0.25) is 0 Å². The highest BCUT2D eigenvalue weighted by molar-refractivity contribution is 7.91. The van der Waals surface area contributed by atoms with Crippen LogP contribution in [0.1, 0.15) is 55.9 Å². The molecule has 2 N–H and O–H groups in total. The molecule has 0 spiro atoms. The van der Waals surface area contributed by atoms with Crippen molar-refractivity contribution in [1.82, 2.24) is 10.1 Å². The lowest BCUT2D eigenvalue weighted by Gasteiger charge is -2.11. The molecule has 2 rings (SSSR count). The highest BCUT2D eigenvalue weighted by atomic mass is 32.2. The van der Waals surface area contributed by atoms with E-state index >= 15 is 0 Å². The number of primary sulfonamides is 1. The fourth-order valence-corrected chi connectivity index (χ4v) is 3.13. The van der Waals surface area contributed by atoms with Crippen LogP contribution in [-0.2, 0) is 20.2 Å². The predicted octanol–water partition coefficient (Wildman–Crippen LogP) is 1.99. The van der Waals surface area contributed by atoms with E-state index in [1.165, 1.54) is 11.4 Å². The normalized spacial score (nSPS) is 13.8. The van der Waals surface area contributed by atoms with Gasteiger partial charge in [-0.3, -0.25) is 0 Å². The molecule has 0 radical (unpaired) electrons. The maximum atomic E-state index is 12.0. The van der Waals surface area contributed by atoms with Gasteiger partial charge < -0.3 is 9.26 Å². The van der Waals surface area contributed by atoms with Crippen molar-refractivity contribution in [2.24, 2.45) is 5.14 Å². The molecule has 0 aliphatic heterocycles. The van der Waals surface area contributed by atoms with E-state index in [4.69, 9.17) is 14.4 Å². The predicted molar refractivity (Wildman–Crippen MR) is 82.5 cm³/mol. The van der Waals surface area contributed by atoms with E-state index in [1.807, 2.05) is 20.8 Å². The number of hydrogen-bond acceptors (Lipinski definition) is 8. The first-order valence-corrected chi connectivity index (χ1v) is 9.07. The van der Waals surface area contributed by atoms with Gasteiger partial charge in [0.15, 0.2) is 11.9 Å². The molecule has 0 bridgehead atoms. The number of nitrogens with two attached hydrogens (primary N) is 1. The van der Waals surface area contributed by atoms with E-state index < -0.39 is 22.1 Å². The van der Waals surface area contributed by atoms with Crippen LogP contribution in [-0.4, -0.2) is 24.5 Å². The minimum atomic E-state index is -3.84. The smallest absolute Gasteiger partial charge is 0.339 e. The summed E-state index contributed by atoms with van der Waals surface area (Å²) in [6, 6.07) is 1.17. The first kappa shape index (κ1) is 17.6. The number of thiophene rings is 1. The molecule has 10 heteroatoms. The first-order chi connectivity index (χ1) is 10.5. The van der Waals surface area contributed by atoms with Gasteiger partial charge in [-0.25, -0.2) is 18.4 Å². The summed E-state index contributed by atoms with van der Waals surface area (Å²) in [5.74, 6) is -0.0215. The Kier molecular flexibility index (Phi) is 4.60. The molecule has 1 atom stereocenters. The second kappa shape index (κ2) is 6.02. The third kappa shape index (κ3) is 4.15. The van der Waals surface area contributed by atoms with Crippen molar-refractivity contribution in [2.75, 3.05) is 0 Å². The summed E-state index contributed by atoms with van der Waals surface area (Å²) < 4.78 is 32.6. The maximum Gasteiger partial charge on any atom is 0.339 e. The van der Waals surface area contributed by atoms with Crippen LogP contribution in [0.5, 0.6) is 0 Å². The minimum Gasteiger partial charge on any atom is -0.449 e. The van der Waals surface area contributed by atoms with Crippen molar-refractivity contribution in [3.63, 3.8) is 0 Å². The number of nitrogens with zero attached hydrogens (tertiary/aromatic N) is 2. The quantitative estimate of drug-likeness (QED) is 0.827. The maximum absolute atomic E-state index is 12.0. The van der Waals surface area contributed by atoms with E-state index in [9.17, 15) is 13.2 Å². The second-order valence-electron chi connectivity index (χ2n) is 5.95. The molecule has 8 nitrogen and oxygen atoms in total. The SMILES string of the molecule is C[C@H](OC(=O)c1csc(S(N)(=O)=O)c1)c1nc(C(C)(C)C)no1. The molecular formula is C13H17N3O5S2. The molecule has 2 aromatic heterocycles. The summed E-state index contributed by atoms with van der Waals surface area (Å²) in [6.07, 6.45) is -0.760. The number of carbonyl (C=O) groups excluding carboxylic acids is 1. The Hall–Kier alpha value is -1.78. The van der Waals surface area contributed by atoms with Crippen LogP contribution in [0.25, 0.3) is 0 Å². The average Bonchev–Trinajstić information content (AvgIpc) is 3.07. The van der Waals surface area contributed by atoms with E-state index in [0.717, 1.165) is 11.3 Å². The zero-order chi connectivity index (χ0) is 17.4. The third-order valence-corrected chi connectivity index (χ3v) is 5.22. The van der Waals surface area contributed by atoms with Gasteiger partial charge in [0.1, 0.15) is 4.21 Å². The lowest BCUT2D eigenvalue weighted by Crippen LogP contribution is -2.14. The summed E-state index contributed by atoms with van der Waals surface area (Å²) in [5.41, 5.74) is -0.190. The summed E-state index contributed by atoms with van der Waals surface area (Å²) in [7, 11) is -3.84. The Bertz CT molecular complexity index is 817. The van der Waals surface area contributed by atoms with E-state index in [1.54, 1.807) is 6.92 Å². The Balaban J connectivity index is 2.11. The summed E-state index contributed by atoms with van der Waals surface area (Å²) in [5, 5.41) is 10.2. The van der Waals surface area contributed by atoms with Gasteiger partial charge in [-0.05, 0) is 13.0 Å². The standard InChI is InChI=1S/C13H17N3O5S2/c1-7(10-15-12(16-21-10)13(2,3)4)20-11(17)8-5-9(22-6-8)23(14,18)19/h5-7H,1-4H3,(H2,14,18,19)/t7-/m0/s1. The Morgan fingerprint density at radius 3 is 2.57 bits per heavy atom. The molecule has 0 aliphatic rings. The lowest BCUT2D eigenvalue weighted by molar-refractivity contribution is 0.0266. The highest BCUT2D eigenvalue weighted by Crippen LogP contribution is 2.24. The molecule has 126 valence electrons. The molecule has 0 saturated carbocycles. The van der Waals surface area contributed by atoms with Gasteiger partial charge in [-0.15, -0.1) is 11.3 Å². The molecule has 0 aromatic carbocycles. The lowest BCUT2D eigenvalue weighted by atomic mass is 9.96. The monoisotopic (exact) mass is 359 g/mol. The number of rotatable bonds is 4. The molecule has 0 fully saturated rings. The molecule has 2 heterocycles. The van der Waals surface area contributed by atoms with Crippen LogP contribution in [0, 0.1) is 0 Å². The van der Waals surface area contributed by atoms with Crippen molar-refractivity contribution in [1.29, 1.82) is 0 Å². The Labute approximate surface area is 137 Å². The summed E-state index contributed by atoms with van der Waals surface area (Å²) >= 11 is 0.850. The average molecular weight is 359 g/mol. The van der Waals surface area contributed by atoms with E-state index in [-0.39, 0.29) is 21.1 Å². The van der Waals surface area contributed by atoms with Crippen molar-refractivity contribution in [2.45, 2.75) is 43.4 Å². The highest BCUT2D eigenvalue weighted by Gasteiger charge is 2.25. The molecule has 0 amide bonds. The van der Waals surface area contributed by atoms with Crippen LogP contribution < -0.4 is 5.14 Å². The van der Waals surface area contributed by atoms with Gasteiger partial charge in [0.25, 0.3) is 5.89 Å². The minimum absolute atomic E-state index is 0.0986. The topological polar surface area (TPSA) is 125 Å². The number of sulfonamides is 1. The zero-order valence-corrected chi connectivity index (χ0v) is 14.7. The first-order valence-electron chi connectivity index (χ1n) is 6.65. The van der Waals surface area contributed by atoms with Gasteiger partial charge in [0.05, 0.1) is 5.56 Å². The van der Waals surface area contributed by atoms with Crippen LogP contribution in [0.4, 0.5) is 0 Å². The number of hydrogen-bond donors (Lipinski definition) is 1.